The maximum atomic E-state index is 9.74. The summed E-state index contributed by atoms with van der Waals surface area (Å²) in [6, 6.07) is 0. The SMILES string of the molecule is O=CC#CC1C=CC=C1. The van der Waals surface area contributed by atoms with Crippen LogP contribution in [0.2, 0.25) is 0 Å². The third-order valence-electron chi connectivity index (χ3n) is 1.06. The second-order valence-corrected chi connectivity index (χ2v) is 1.70. The summed E-state index contributed by atoms with van der Waals surface area (Å²) in [5.74, 6) is 5.26. The highest BCUT2D eigenvalue weighted by Gasteiger charge is 1.95. The van der Waals surface area contributed by atoms with Crippen LogP contribution in [0.25, 0.3) is 0 Å². The smallest absolute Gasteiger partial charge is 0.192 e. The first-order valence-electron chi connectivity index (χ1n) is 2.73. The van der Waals surface area contributed by atoms with Crippen LogP contribution in [-0.4, -0.2) is 6.29 Å². The average molecular weight is 118 g/mol. The molecule has 1 aliphatic carbocycles. The summed E-state index contributed by atoms with van der Waals surface area (Å²) < 4.78 is 0. The van der Waals surface area contributed by atoms with Gasteiger partial charge in [0.05, 0.1) is 5.92 Å². The molecule has 0 spiro atoms. The molecule has 1 rings (SSSR count). The van der Waals surface area contributed by atoms with E-state index in [9.17, 15) is 4.79 Å². The molecule has 0 aromatic carbocycles. The molecule has 0 saturated heterocycles. The van der Waals surface area contributed by atoms with Crippen molar-refractivity contribution >= 4 is 6.29 Å². The van der Waals surface area contributed by atoms with E-state index in [1.165, 1.54) is 0 Å². The maximum Gasteiger partial charge on any atom is 0.192 e. The van der Waals surface area contributed by atoms with Crippen molar-refractivity contribution in [3.8, 4) is 11.8 Å². The van der Waals surface area contributed by atoms with E-state index >= 15 is 0 Å². The molecule has 0 amide bonds. The van der Waals surface area contributed by atoms with Crippen LogP contribution in [0.5, 0.6) is 0 Å². The summed E-state index contributed by atoms with van der Waals surface area (Å²) in [6.45, 7) is 0. The third-order valence-corrected chi connectivity index (χ3v) is 1.06. The zero-order chi connectivity index (χ0) is 6.53. The standard InChI is InChI=1S/C8H6O/c9-7-3-6-8-4-1-2-5-8/h1-2,4-5,7-8H. The summed E-state index contributed by atoms with van der Waals surface area (Å²) in [6.07, 6.45) is 8.33. The van der Waals surface area contributed by atoms with E-state index in [4.69, 9.17) is 0 Å². The van der Waals surface area contributed by atoms with Crippen molar-refractivity contribution in [1.29, 1.82) is 0 Å². The highest BCUT2D eigenvalue weighted by molar-refractivity contribution is 5.72. The van der Waals surface area contributed by atoms with Crippen molar-refractivity contribution in [3.63, 3.8) is 0 Å². The molecule has 1 aliphatic rings. The van der Waals surface area contributed by atoms with Crippen molar-refractivity contribution < 1.29 is 4.79 Å². The van der Waals surface area contributed by atoms with Gasteiger partial charge in [0.25, 0.3) is 0 Å². The van der Waals surface area contributed by atoms with Crippen molar-refractivity contribution in [3.05, 3.63) is 24.3 Å². The van der Waals surface area contributed by atoms with Gasteiger partial charge in [-0.15, -0.1) is 0 Å². The largest absolute Gasteiger partial charge is 0.289 e. The number of aldehydes is 1. The molecular formula is C8H6O. The van der Waals surface area contributed by atoms with Crippen LogP contribution in [0.3, 0.4) is 0 Å². The lowest BCUT2D eigenvalue weighted by Crippen LogP contribution is -1.80. The fourth-order valence-electron chi connectivity index (χ4n) is 0.658. The Labute approximate surface area is 54.1 Å². The first kappa shape index (κ1) is 5.84. The number of allylic oxidation sites excluding steroid dienone is 4. The summed E-state index contributed by atoms with van der Waals surface area (Å²) in [4.78, 5) is 9.74. The molecule has 0 bridgehead atoms. The van der Waals surface area contributed by atoms with Gasteiger partial charge in [-0.2, -0.15) is 0 Å². The zero-order valence-corrected chi connectivity index (χ0v) is 4.87. The fourth-order valence-corrected chi connectivity index (χ4v) is 0.658. The molecule has 0 aromatic heterocycles. The van der Waals surface area contributed by atoms with Gasteiger partial charge in [-0.1, -0.05) is 30.2 Å². The minimum Gasteiger partial charge on any atom is -0.289 e. The molecule has 44 valence electrons. The Hall–Kier alpha value is -1.29. The first-order valence-corrected chi connectivity index (χ1v) is 2.73. The van der Waals surface area contributed by atoms with Gasteiger partial charge in [-0.3, -0.25) is 4.79 Å². The molecule has 9 heavy (non-hydrogen) atoms. The van der Waals surface area contributed by atoms with Crippen molar-refractivity contribution in [2.24, 2.45) is 5.92 Å². The second kappa shape index (κ2) is 2.88. The van der Waals surface area contributed by atoms with Gasteiger partial charge >= 0.3 is 0 Å². The van der Waals surface area contributed by atoms with Crippen LogP contribution in [0.15, 0.2) is 24.3 Å². The van der Waals surface area contributed by atoms with E-state index in [-0.39, 0.29) is 5.92 Å². The van der Waals surface area contributed by atoms with Crippen LogP contribution in [0.4, 0.5) is 0 Å². The van der Waals surface area contributed by atoms with Gasteiger partial charge in [-0.05, 0) is 5.92 Å². The number of hydrogen-bond donors (Lipinski definition) is 0. The lowest BCUT2D eigenvalue weighted by molar-refractivity contribution is -0.103. The Morgan fingerprint density at radius 1 is 1.33 bits per heavy atom. The van der Waals surface area contributed by atoms with Crippen LogP contribution in [0, 0.1) is 17.8 Å². The highest BCUT2D eigenvalue weighted by atomic mass is 16.1. The van der Waals surface area contributed by atoms with Crippen LogP contribution >= 0.6 is 0 Å². The van der Waals surface area contributed by atoms with Crippen molar-refractivity contribution in [2.45, 2.75) is 0 Å². The summed E-state index contributed by atoms with van der Waals surface area (Å²) in [7, 11) is 0. The molecule has 0 aliphatic heterocycles. The normalized spacial score (nSPS) is 15.1. The highest BCUT2D eigenvalue weighted by Crippen LogP contribution is 2.05. The quantitative estimate of drug-likeness (QED) is 0.341. The number of hydrogen-bond acceptors (Lipinski definition) is 1. The lowest BCUT2D eigenvalue weighted by Gasteiger charge is -1.85. The monoisotopic (exact) mass is 118 g/mol. The predicted molar refractivity (Wildman–Crippen MR) is 35.6 cm³/mol. The Morgan fingerprint density at radius 2 is 2.00 bits per heavy atom. The average Bonchev–Trinajstić information content (AvgIpc) is 2.34. The fraction of sp³-hybridized carbons (Fsp3) is 0.125. The van der Waals surface area contributed by atoms with Crippen molar-refractivity contribution in [1.82, 2.24) is 0 Å². The van der Waals surface area contributed by atoms with E-state index in [1.807, 2.05) is 24.3 Å². The van der Waals surface area contributed by atoms with E-state index in [0.29, 0.717) is 6.29 Å². The minimum atomic E-state index is 0.162. The van der Waals surface area contributed by atoms with Crippen LogP contribution in [-0.2, 0) is 4.79 Å². The van der Waals surface area contributed by atoms with E-state index in [2.05, 4.69) is 11.8 Å². The van der Waals surface area contributed by atoms with Gasteiger partial charge in [0.1, 0.15) is 0 Å². The molecule has 0 aromatic rings. The van der Waals surface area contributed by atoms with Crippen LogP contribution in [0.1, 0.15) is 0 Å². The molecule has 0 radical (unpaired) electrons. The number of carbonyl (C=O) groups excluding carboxylic acids is 1. The van der Waals surface area contributed by atoms with E-state index in [0.717, 1.165) is 0 Å². The molecule has 0 saturated carbocycles. The number of rotatable bonds is 0. The molecule has 0 atom stereocenters. The Balaban J connectivity index is 2.55. The Kier molecular flexibility index (Phi) is 1.87. The second-order valence-electron chi connectivity index (χ2n) is 1.70. The van der Waals surface area contributed by atoms with E-state index < -0.39 is 0 Å². The molecular weight excluding hydrogens is 112 g/mol. The van der Waals surface area contributed by atoms with Gasteiger partial charge < -0.3 is 0 Å². The van der Waals surface area contributed by atoms with Gasteiger partial charge in [0.15, 0.2) is 6.29 Å². The molecule has 0 unspecified atom stereocenters. The zero-order valence-electron chi connectivity index (χ0n) is 4.87. The summed E-state index contributed by atoms with van der Waals surface area (Å²) in [5, 5.41) is 0. The molecule has 0 heterocycles. The molecule has 1 heteroatoms. The van der Waals surface area contributed by atoms with Crippen LogP contribution < -0.4 is 0 Å². The van der Waals surface area contributed by atoms with E-state index in [1.54, 1.807) is 0 Å². The molecule has 0 N–H and O–H groups in total. The van der Waals surface area contributed by atoms with Crippen molar-refractivity contribution in [2.75, 3.05) is 0 Å². The lowest BCUT2D eigenvalue weighted by atomic mass is 10.2. The topological polar surface area (TPSA) is 17.1 Å². The predicted octanol–water partition coefficient (Wildman–Crippen LogP) is 0.931. The first-order chi connectivity index (χ1) is 4.43. The molecule has 0 fully saturated rings. The summed E-state index contributed by atoms with van der Waals surface area (Å²) in [5.41, 5.74) is 0. The van der Waals surface area contributed by atoms with Gasteiger partial charge in [0.2, 0.25) is 0 Å². The summed E-state index contributed by atoms with van der Waals surface area (Å²) >= 11 is 0. The minimum absolute atomic E-state index is 0.162. The Morgan fingerprint density at radius 3 is 2.56 bits per heavy atom. The molecule has 1 nitrogen and oxygen atoms in total. The third kappa shape index (κ3) is 1.58. The Bertz CT molecular complexity index is 200. The number of carbonyl (C=O) groups is 1. The van der Waals surface area contributed by atoms with Gasteiger partial charge in [-0.25, -0.2) is 0 Å². The van der Waals surface area contributed by atoms with Gasteiger partial charge in [0, 0.05) is 0 Å². The maximum absolute atomic E-state index is 9.74.